The number of rotatable bonds is 13. The van der Waals surface area contributed by atoms with Crippen LogP contribution in [0.4, 0.5) is 17.1 Å². The van der Waals surface area contributed by atoms with Crippen LogP contribution in [0.5, 0.6) is 0 Å². The molecule has 52 heavy (non-hydrogen) atoms. The van der Waals surface area contributed by atoms with Crippen LogP contribution in [-0.4, -0.2) is 77.0 Å². The van der Waals surface area contributed by atoms with Crippen LogP contribution < -0.4 is 10.2 Å². The maximum Gasteiger partial charge on any atom is 0.294 e. The van der Waals surface area contributed by atoms with Crippen molar-refractivity contribution >= 4 is 54.6 Å². The number of hydrogen-bond acceptors (Lipinski definition) is 11. The van der Waals surface area contributed by atoms with E-state index in [0.717, 1.165) is 17.3 Å². The fourth-order valence-electron chi connectivity index (χ4n) is 5.43. The molecule has 0 fully saturated rings. The van der Waals surface area contributed by atoms with E-state index in [1.165, 1.54) is 23.0 Å². The molecule has 1 aromatic heterocycles. The van der Waals surface area contributed by atoms with E-state index >= 15 is 0 Å². The first kappa shape index (κ1) is 38.0. The molecule has 3 aromatic carbocycles. The topological polar surface area (TPSA) is 220 Å². The average molecular weight is 747 g/mol. The first-order valence-electron chi connectivity index (χ1n) is 16.3. The predicted octanol–water partition coefficient (Wildman–Crippen LogP) is 5.53. The van der Waals surface area contributed by atoms with Crippen LogP contribution in [0.15, 0.2) is 81.7 Å². The monoisotopic (exact) mass is 746 g/mol. The fraction of sp³-hybridized carbons (Fsp3) is 0.314. The summed E-state index contributed by atoms with van der Waals surface area (Å²) < 4.78 is 63.6. The number of amides is 1. The highest BCUT2D eigenvalue weighted by molar-refractivity contribution is 7.86. The standard InChI is InChI=1S/C35H38N8O7S2/c1-23-21-27(42(19-8-17-36)18-5-6-20-51(45,46)47)15-16-29(23)38-30-31(35(2,3)4)40-43-33(30)39-32(41-43)24-11-13-26(14-12-24)37-34(44)25-9-7-10-28(22-25)52(48,49)50/h7,9-16,21-22H,5-6,8,18-20H2,1-4H3,(H,37,44)(H,45,46,47)(H,48,49,50)/b38-30-. The van der Waals surface area contributed by atoms with Gasteiger partial charge in [-0.05, 0) is 86.0 Å². The molecule has 1 aliphatic rings. The molecule has 0 atom stereocenters. The molecule has 5 rings (SSSR count). The van der Waals surface area contributed by atoms with Crippen LogP contribution in [0.3, 0.4) is 0 Å². The third kappa shape index (κ3) is 9.33. The average Bonchev–Trinajstić information content (AvgIpc) is 3.64. The van der Waals surface area contributed by atoms with Crippen molar-refractivity contribution in [3.8, 4) is 17.5 Å². The Morgan fingerprint density at radius 2 is 1.73 bits per heavy atom. The molecule has 0 radical (unpaired) electrons. The SMILES string of the molecule is Cc1cc(N(CCC#N)CCCCS(=O)(=O)O)ccc1/N=C1/C(C(C)(C)C)=Nn2nc(-c3ccc(NC(=O)c4cccc(S(=O)(=O)O)c4)cc3)nc21. The van der Waals surface area contributed by atoms with Gasteiger partial charge in [-0.1, -0.05) is 26.8 Å². The van der Waals surface area contributed by atoms with E-state index in [-0.39, 0.29) is 22.6 Å². The lowest BCUT2D eigenvalue weighted by Gasteiger charge is -2.24. The van der Waals surface area contributed by atoms with E-state index in [9.17, 15) is 31.4 Å². The molecular formula is C35H38N8O7S2. The normalized spacial score (nSPS) is 13.8. The van der Waals surface area contributed by atoms with E-state index in [0.29, 0.717) is 65.9 Å². The van der Waals surface area contributed by atoms with Gasteiger partial charge < -0.3 is 10.2 Å². The van der Waals surface area contributed by atoms with Crippen LogP contribution in [0.25, 0.3) is 11.4 Å². The van der Waals surface area contributed by atoms with Crippen molar-refractivity contribution in [2.24, 2.45) is 15.5 Å². The molecule has 0 spiro atoms. The molecular weight excluding hydrogens is 709 g/mol. The number of nitrogens with zero attached hydrogens (tertiary/aromatic N) is 7. The summed E-state index contributed by atoms with van der Waals surface area (Å²) in [6.45, 7) is 8.95. The van der Waals surface area contributed by atoms with Crippen molar-refractivity contribution in [3.05, 3.63) is 83.7 Å². The smallest absolute Gasteiger partial charge is 0.294 e. The Morgan fingerprint density at radius 1 is 1.00 bits per heavy atom. The minimum Gasteiger partial charge on any atom is -0.370 e. The lowest BCUT2D eigenvalue weighted by molar-refractivity contribution is 0.102. The first-order valence-corrected chi connectivity index (χ1v) is 19.3. The summed E-state index contributed by atoms with van der Waals surface area (Å²) in [4.78, 5) is 25.6. The number of nitrogens with one attached hydrogen (secondary N) is 1. The van der Waals surface area contributed by atoms with Gasteiger partial charge in [-0.25, -0.2) is 9.98 Å². The number of aromatic nitrogens is 3. The number of carbonyl (C=O) groups excluding carboxylic acids is 1. The fourth-order valence-corrected chi connectivity index (χ4v) is 6.52. The van der Waals surface area contributed by atoms with Crippen molar-refractivity contribution in [1.29, 1.82) is 5.26 Å². The van der Waals surface area contributed by atoms with E-state index in [4.69, 9.17) is 19.6 Å². The van der Waals surface area contributed by atoms with Gasteiger partial charge in [0.15, 0.2) is 5.82 Å². The maximum absolute atomic E-state index is 12.8. The summed E-state index contributed by atoms with van der Waals surface area (Å²) in [5.41, 5.74) is 4.41. The summed E-state index contributed by atoms with van der Waals surface area (Å²) in [6, 6.07) is 19.7. The Labute approximate surface area is 302 Å². The molecule has 2 heterocycles. The third-order valence-electron chi connectivity index (χ3n) is 8.08. The van der Waals surface area contributed by atoms with Gasteiger partial charge in [0, 0.05) is 41.0 Å². The number of aryl methyl sites for hydroxylation is 1. The van der Waals surface area contributed by atoms with Crippen LogP contribution in [-0.2, 0) is 20.2 Å². The number of benzene rings is 3. The molecule has 0 bridgehead atoms. The third-order valence-corrected chi connectivity index (χ3v) is 9.73. The second-order valence-electron chi connectivity index (χ2n) is 13.2. The van der Waals surface area contributed by atoms with E-state index < -0.39 is 31.6 Å². The molecule has 0 saturated carbocycles. The quantitative estimate of drug-likeness (QED) is 0.114. The molecule has 15 nitrogen and oxygen atoms in total. The second kappa shape index (κ2) is 15.1. The van der Waals surface area contributed by atoms with E-state index in [1.807, 2.05) is 50.8 Å². The Bertz CT molecular complexity index is 2320. The van der Waals surface area contributed by atoms with Gasteiger partial charge in [0.1, 0.15) is 5.71 Å². The van der Waals surface area contributed by atoms with Crippen molar-refractivity contribution in [2.45, 2.75) is 51.9 Å². The summed E-state index contributed by atoms with van der Waals surface area (Å²) in [5, 5.41) is 21.2. The molecule has 0 unspecified atom stereocenters. The van der Waals surface area contributed by atoms with Gasteiger partial charge in [0.25, 0.3) is 26.1 Å². The Kier molecular flexibility index (Phi) is 11.1. The second-order valence-corrected chi connectivity index (χ2v) is 16.2. The highest BCUT2D eigenvalue weighted by Gasteiger charge is 2.35. The van der Waals surface area contributed by atoms with Gasteiger partial charge in [-0.2, -0.15) is 27.2 Å². The zero-order chi connectivity index (χ0) is 37.8. The zero-order valence-corrected chi connectivity index (χ0v) is 30.6. The summed E-state index contributed by atoms with van der Waals surface area (Å²) in [7, 11) is -8.50. The number of unbranched alkanes of at least 4 members (excludes halogenated alkanes) is 1. The Balaban J connectivity index is 1.37. The zero-order valence-electron chi connectivity index (χ0n) is 29.0. The minimum atomic E-state index is -4.46. The van der Waals surface area contributed by atoms with Crippen LogP contribution in [0, 0.1) is 23.7 Å². The maximum atomic E-state index is 12.8. The molecule has 3 N–H and O–H groups in total. The molecule has 1 amide bonds. The van der Waals surface area contributed by atoms with Crippen LogP contribution >= 0.6 is 0 Å². The largest absolute Gasteiger partial charge is 0.370 e. The first-order chi connectivity index (χ1) is 24.4. The van der Waals surface area contributed by atoms with E-state index in [1.54, 1.807) is 24.3 Å². The molecule has 1 aliphatic heterocycles. The van der Waals surface area contributed by atoms with Gasteiger partial charge in [0.2, 0.25) is 5.82 Å². The van der Waals surface area contributed by atoms with E-state index in [2.05, 4.69) is 16.5 Å². The van der Waals surface area contributed by atoms with Crippen molar-refractivity contribution < 1.29 is 30.7 Å². The van der Waals surface area contributed by atoms with Gasteiger partial charge in [0.05, 0.1) is 34.5 Å². The predicted molar refractivity (Wildman–Crippen MR) is 197 cm³/mol. The van der Waals surface area contributed by atoms with Gasteiger partial charge >= 0.3 is 0 Å². The Morgan fingerprint density at radius 3 is 2.37 bits per heavy atom. The number of hydrogen-bond donors (Lipinski definition) is 3. The Hall–Kier alpha value is -5.28. The summed E-state index contributed by atoms with van der Waals surface area (Å²) in [6.07, 6.45) is 1.10. The van der Waals surface area contributed by atoms with Crippen molar-refractivity contribution in [1.82, 2.24) is 14.9 Å². The van der Waals surface area contributed by atoms with Crippen molar-refractivity contribution in [3.63, 3.8) is 0 Å². The summed E-state index contributed by atoms with van der Waals surface area (Å²) >= 11 is 0. The number of anilines is 2. The lowest BCUT2D eigenvalue weighted by atomic mass is 9.87. The number of carbonyl (C=O) groups is 1. The van der Waals surface area contributed by atoms with Gasteiger partial charge in [-0.3, -0.25) is 13.9 Å². The van der Waals surface area contributed by atoms with Crippen LogP contribution in [0.1, 0.15) is 61.8 Å². The lowest BCUT2D eigenvalue weighted by Crippen LogP contribution is -2.27. The number of fused-ring (bicyclic) bond motifs is 1. The number of nitriles is 1. The minimum absolute atomic E-state index is 0.0562. The highest BCUT2D eigenvalue weighted by atomic mass is 32.2. The molecule has 272 valence electrons. The van der Waals surface area contributed by atoms with Gasteiger partial charge in [-0.15, -0.1) is 9.89 Å². The molecule has 0 aliphatic carbocycles. The highest BCUT2D eigenvalue weighted by Crippen LogP contribution is 2.31. The molecule has 0 saturated heterocycles. The molecule has 17 heteroatoms. The van der Waals surface area contributed by atoms with Crippen LogP contribution in [0.2, 0.25) is 0 Å². The number of aliphatic imine (C=N–C) groups is 1. The van der Waals surface area contributed by atoms with Crippen molar-refractivity contribution in [2.75, 3.05) is 29.1 Å². The molecule has 4 aromatic rings. The summed E-state index contributed by atoms with van der Waals surface area (Å²) in [5.74, 6) is -0.0426.